The van der Waals surface area contributed by atoms with E-state index in [1.165, 1.54) is 12.0 Å². The first kappa shape index (κ1) is 22.1. The van der Waals surface area contributed by atoms with E-state index in [1.54, 1.807) is 0 Å². The topological polar surface area (TPSA) is 45.6 Å². The number of benzene rings is 2. The van der Waals surface area contributed by atoms with Gasteiger partial charge >= 0.3 is 0 Å². The summed E-state index contributed by atoms with van der Waals surface area (Å²) in [6.07, 6.45) is 9.46. The molecule has 3 aliphatic rings. The summed E-state index contributed by atoms with van der Waals surface area (Å²) in [5, 5.41) is 0. The van der Waals surface area contributed by atoms with Crippen LogP contribution in [0.3, 0.4) is 0 Å². The number of hydrogen-bond acceptors (Lipinski definition) is 2. The zero-order valence-electron chi connectivity index (χ0n) is 20.4. The molecule has 180 valence electrons. The monoisotopic (exact) mass is 467 g/mol. The molecule has 0 bridgehead atoms. The van der Waals surface area contributed by atoms with E-state index in [0.29, 0.717) is 0 Å². The lowest BCUT2D eigenvalue weighted by molar-refractivity contribution is -0.140. The van der Waals surface area contributed by atoms with E-state index in [-0.39, 0.29) is 36.4 Å². The lowest BCUT2D eigenvalue weighted by Crippen LogP contribution is -2.48. The zero-order valence-corrected chi connectivity index (χ0v) is 20.4. The number of rotatable bonds is 5. The van der Waals surface area contributed by atoms with Crippen LogP contribution >= 0.6 is 0 Å². The molecule has 2 fully saturated rings. The third kappa shape index (κ3) is 4.07. The largest absolute Gasteiger partial charge is 0.330 e. The van der Waals surface area contributed by atoms with E-state index in [1.807, 2.05) is 34.1 Å². The number of aryl methyl sites for hydroxylation is 1. The molecule has 5 nitrogen and oxygen atoms in total. The van der Waals surface area contributed by atoms with E-state index in [4.69, 9.17) is 0 Å². The quantitative estimate of drug-likeness (QED) is 0.477. The van der Waals surface area contributed by atoms with Gasteiger partial charge in [0, 0.05) is 18.2 Å². The van der Waals surface area contributed by atoms with Crippen LogP contribution in [-0.4, -0.2) is 33.9 Å². The second-order valence-electron chi connectivity index (χ2n) is 10.4. The highest BCUT2D eigenvalue weighted by Crippen LogP contribution is 2.43. The molecule has 1 unspecified atom stereocenters. The first-order valence-electron chi connectivity index (χ1n) is 13.1. The minimum atomic E-state index is -0.237. The first-order valence-corrected chi connectivity index (χ1v) is 13.1. The number of hydrogen-bond donors (Lipinski definition) is 0. The van der Waals surface area contributed by atoms with Crippen molar-refractivity contribution in [1.82, 2.24) is 9.47 Å². The molecule has 35 heavy (non-hydrogen) atoms. The maximum Gasteiger partial charge on any atom is 0.247 e. The molecular formula is C30H33N3O2. The van der Waals surface area contributed by atoms with Crippen molar-refractivity contribution in [3.63, 3.8) is 0 Å². The Morgan fingerprint density at radius 1 is 0.857 bits per heavy atom. The smallest absolute Gasteiger partial charge is 0.247 e. The van der Waals surface area contributed by atoms with Gasteiger partial charge in [-0.1, -0.05) is 61.2 Å². The van der Waals surface area contributed by atoms with E-state index in [2.05, 4.69) is 54.1 Å². The van der Waals surface area contributed by atoms with Crippen LogP contribution in [0, 0.1) is 12.8 Å². The fourth-order valence-electron chi connectivity index (χ4n) is 5.91. The van der Waals surface area contributed by atoms with E-state index in [0.717, 1.165) is 61.2 Å². The highest BCUT2D eigenvalue weighted by molar-refractivity contribution is 6.00. The molecule has 6 rings (SSSR count). The van der Waals surface area contributed by atoms with Crippen molar-refractivity contribution >= 4 is 17.5 Å². The number of fused-ring (bicyclic) bond motifs is 3. The average molecular weight is 468 g/mol. The Morgan fingerprint density at radius 2 is 1.57 bits per heavy atom. The van der Waals surface area contributed by atoms with Gasteiger partial charge in [0.15, 0.2) is 0 Å². The Balaban J connectivity index is 1.38. The van der Waals surface area contributed by atoms with Gasteiger partial charge in [0.05, 0.1) is 17.1 Å². The highest BCUT2D eigenvalue weighted by atomic mass is 16.2. The molecule has 1 aliphatic heterocycles. The summed E-state index contributed by atoms with van der Waals surface area (Å²) in [6.45, 7) is 2.23. The zero-order chi connectivity index (χ0) is 23.9. The fraction of sp³-hybridized carbons (Fsp3) is 0.400. The van der Waals surface area contributed by atoms with Crippen LogP contribution in [0.1, 0.15) is 67.8 Å². The summed E-state index contributed by atoms with van der Waals surface area (Å²) in [7, 11) is 0. The van der Waals surface area contributed by atoms with Crippen molar-refractivity contribution < 1.29 is 9.59 Å². The minimum Gasteiger partial charge on any atom is -0.330 e. The Hall–Kier alpha value is -3.34. The van der Waals surface area contributed by atoms with Gasteiger partial charge in [0.25, 0.3) is 0 Å². The van der Waals surface area contributed by atoms with Crippen LogP contribution in [0.25, 0.3) is 5.69 Å². The fourth-order valence-corrected chi connectivity index (χ4v) is 5.91. The Labute approximate surface area is 207 Å². The van der Waals surface area contributed by atoms with Crippen LogP contribution < -0.4 is 4.90 Å². The predicted molar refractivity (Wildman–Crippen MR) is 138 cm³/mol. The molecule has 0 radical (unpaired) electrons. The Bertz CT molecular complexity index is 1230. The van der Waals surface area contributed by atoms with Crippen LogP contribution in [0.5, 0.6) is 0 Å². The standard InChI is InChI=1S/C30H33N3O2/c1-21-13-15-22(16-14-21)29-27-12-7-19-31(27)25-10-5-6-11-26(25)33(29)28(34)20-32(24-17-18-24)30(35)23-8-3-2-4-9-23/h5-7,10-16,19,23-24,29H,2-4,8-9,17-18,20H2,1H3. The molecule has 2 aliphatic carbocycles. The number of amides is 2. The average Bonchev–Trinajstić information content (AvgIpc) is 3.62. The number of aromatic nitrogens is 1. The van der Waals surface area contributed by atoms with Crippen molar-refractivity contribution in [3.8, 4) is 5.69 Å². The third-order valence-electron chi connectivity index (χ3n) is 7.91. The maximum absolute atomic E-state index is 14.2. The third-order valence-corrected chi connectivity index (χ3v) is 7.91. The van der Waals surface area contributed by atoms with Crippen molar-refractivity contribution in [2.75, 3.05) is 11.4 Å². The molecule has 3 aromatic rings. The highest BCUT2D eigenvalue weighted by Gasteiger charge is 2.41. The van der Waals surface area contributed by atoms with Crippen molar-refractivity contribution in [2.45, 2.75) is 64.0 Å². The maximum atomic E-state index is 14.2. The molecule has 5 heteroatoms. The van der Waals surface area contributed by atoms with Gasteiger partial charge < -0.3 is 9.47 Å². The first-order chi connectivity index (χ1) is 17.1. The molecule has 2 aromatic carbocycles. The summed E-state index contributed by atoms with van der Waals surface area (Å²) in [5.41, 5.74) is 5.23. The Kier molecular flexibility index (Phi) is 5.71. The number of anilines is 1. The van der Waals surface area contributed by atoms with Crippen LogP contribution in [0.4, 0.5) is 5.69 Å². The molecule has 0 spiro atoms. The summed E-state index contributed by atoms with van der Waals surface area (Å²) >= 11 is 0. The molecule has 2 amide bonds. The lowest BCUT2D eigenvalue weighted by atomic mass is 9.88. The van der Waals surface area contributed by atoms with Crippen LogP contribution in [-0.2, 0) is 9.59 Å². The van der Waals surface area contributed by atoms with E-state index < -0.39 is 0 Å². The summed E-state index contributed by atoms with van der Waals surface area (Å²) < 4.78 is 2.19. The van der Waals surface area contributed by atoms with Crippen LogP contribution in [0.2, 0.25) is 0 Å². The van der Waals surface area contributed by atoms with Gasteiger partial charge in [-0.3, -0.25) is 14.5 Å². The second kappa shape index (κ2) is 9.03. The van der Waals surface area contributed by atoms with E-state index in [9.17, 15) is 9.59 Å². The van der Waals surface area contributed by atoms with Gasteiger partial charge in [-0.2, -0.15) is 0 Å². The van der Waals surface area contributed by atoms with Crippen molar-refractivity contribution in [1.29, 1.82) is 0 Å². The van der Waals surface area contributed by atoms with E-state index >= 15 is 0 Å². The molecule has 1 atom stereocenters. The summed E-state index contributed by atoms with van der Waals surface area (Å²) in [4.78, 5) is 31.6. The Morgan fingerprint density at radius 3 is 2.29 bits per heavy atom. The van der Waals surface area contributed by atoms with Gasteiger partial charge in [-0.05, 0) is 62.4 Å². The number of carbonyl (C=O) groups excluding carboxylic acids is 2. The van der Waals surface area contributed by atoms with Gasteiger partial charge in [0.1, 0.15) is 12.6 Å². The second-order valence-corrected chi connectivity index (χ2v) is 10.4. The summed E-state index contributed by atoms with van der Waals surface area (Å²) in [5.74, 6) is 0.267. The molecule has 0 saturated heterocycles. The van der Waals surface area contributed by atoms with Gasteiger partial charge in [-0.15, -0.1) is 0 Å². The molecule has 2 saturated carbocycles. The summed E-state index contributed by atoms with van der Waals surface area (Å²) in [6, 6.07) is 20.7. The number of carbonyl (C=O) groups is 2. The molecular weight excluding hydrogens is 434 g/mol. The molecule has 0 N–H and O–H groups in total. The minimum absolute atomic E-state index is 0.00784. The number of para-hydroxylation sites is 2. The molecule has 1 aromatic heterocycles. The van der Waals surface area contributed by atoms with Crippen molar-refractivity contribution in [3.05, 3.63) is 83.7 Å². The van der Waals surface area contributed by atoms with Crippen LogP contribution in [0.15, 0.2) is 66.9 Å². The SMILES string of the molecule is Cc1ccc(C2c3cccn3-c3ccccc3N2C(=O)CN(C(=O)C2CCCCC2)C2CC2)cc1. The normalized spacial score (nSPS) is 19.7. The molecule has 2 heterocycles. The lowest BCUT2D eigenvalue weighted by Gasteiger charge is -2.40. The van der Waals surface area contributed by atoms with Gasteiger partial charge in [-0.25, -0.2) is 0 Å². The number of nitrogens with zero attached hydrogens (tertiary/aromatic N) is 3. The van der Waals surface area contributed by atoms with Gasteiger partial charge in [0.2, 0.25) is 11.8 Å². The van der Waals surface area contributed by atoms with Crippen molar-refractivity contribution in [2.24, 2.45) is 5.92 Å². The predicted octanol–water partition coefficient (Wildman–Crippen LogP) is 5.79.